The summed E-state index contributed by atoms with van der Waals surface area (Å²) in [6.07, 6.45) is 1.05. The van der Waals surface area contributed by atoms with E-state index in [4.69, 9.17) is 5.73 Å². The maximum Gasteiger partial charge on any atom is 0.126 e. The topological polar surface area (TPSA) is 26.0 Å². The molecule has 0 aromatic heterocycles. The molecule has 1 fully saturated rings. The van der Waals surface area contributed by atoms with Gasteiger partial charge in [-0.15, -0.1) is 0 Å². The fourth-order valence-electron chi connectivity index (χ4n) is 1.87. The standard InChI is InChI=1S/C11H13F2N/c1-6-2-10(6)11(14)7-3-8(12)5-9(13)4-7/h3-6,10-11H,2,14H2,1H3. The minimum Gasteiger partial charge on any atom is -0.324 e. The molecular formula is C11H13F2N. The minimum absolute atomic E-state index is 0.227. The van der Waals surface area contributed by atoms with Crippen molar-refractivity contribution >= 4 is 0 Å². The van der Waals surface area contributed by atoms with E-state index < -0.39 is 11.6 Å². The first-order chi connectivity index (χ1) is 6.58. The molecule has 3 unspecified atom stereocenters. The molecule has 3 atom stereocenters. The van der Waals surface area contributed by atoms with E-state index in [9.17, 15) is 8.78 Å². The summed E-state index contributed by atoms with van der Waals surface area (Å²) in [5.41, 5.74) is 6.46. The molecule has 1 aromatic carbocycles. The summed E-state index contributed by atoms with van der Waals surface area (Å²) in [6, 6.07) is 3.28. The molecule has 76 valence electrons. The van der Waals surface area contributed by atoms with Gasteiger partial charge in [0.1, 0.15) is 11.6 Å². The van der Waals surface area contributed by atoms with Gasteiger partial charge in [-0.3, -0.25) is 0 Å². The van der Waals surface area contributed by atoms with Gasteiger partial charge in [0, 0.05) is 12.1 Å². The highest BCUT2D eigenvalue weighted by Gasteiger charge is 2.38. The molecule has 0 saturated heterocycles. The fourth-order valence-corrected chi connectivity index (χ4v) is 1.87. The van der Waals surface area contributed by atoms with Gasteiger partial charge in [0.15, 0.2) is 0 Å². The molecule has 1 aromatic rings. The van der Waals surface area contributed by atoms with E-state index in [0.717, 1.165) is 12.5 Å². The molecule has 1 aliphatic rings. The number of hydrogen-bond donors (Lipinski definition) is 1. The second-order valence-corrected chi connectivity index (χ2v) is 4.11. The lowest BCUT2D eigenvalue weighted by Gasteiger charge is -2.11. The van der Waals surface area contributed by atoms with E-state index in [1.807, 2.05) is 0 Å². The van der Waals surface area contributed by atoms with Gasteiger partial charge in [-0.1, -0.05) is 6.92 Å². The van der Waals surface area contributed by atoms with Crippen LogP contribution >= 0.6 is 0 Å². The van der Waals surface area contributed by atoms with Crippen molar-refractivity contribution in [3.63, 3.8) is 0 Å². The Morgan fingerprint density at radius 3 is 2.21 bits per heavy atom. The molecule has 0 heterocycles. The first-order valence-electron chi connectivity index (χ1n) is 4.79. The first-order valence-corrected chi connectivity index (χ1v) is 4.79. The van der Waals surface area contributed by atoms with Crippen molar-refractivity contribution in [3.8, 4) is 0 Å². The van der Waals surface area contributed by atoms with Crippen LogP contribution in [-0.4, -0.2) is 0 Å². The summed E-state index contributed by atoms with van der Waals surface area (Å²) in [7, 11) is 0. The molecule has 0 aliphatic heterocycles. The first kappa shape index (κ1) is 9.59. The molecule has 14 heavy (non-hydrogen) atoms. The van der Waals surface area contributed by atoms with Crippen LogP contribution in [0.25, 0.3) is 0 Å². The van der Waals surface area contributed by atoms with Crippen molar-refractivity contribution in [1.29, 1.82) is 0 Å². The molecule has 1 nitrogen and oxygen atoms in total. The van der Waals surface area contributed by atoms with Gasteiger partial charge >= 0.3 is 0 Å². The molecule has 1 aliphatic carbocycles. The second kappa shape index (κ2) is 3.31. The lowest BCUT2D eigenvalue weighted by atomic mass is 10.0. The van der Waals surface area contributed by atoms with Gasteiger partial charge in [-0.05, 0) is 36.0 Å². The normalized spacial score (nSPS) is 27.4. The van der Waals surface area contributed by atoms with Gasteiger partial charge in [-0.25, -0.2) is 8.78 Å². The third-order valence-corrected chi connectivity index (χ3v) is 2.90. The molecule has 0 bridgehead atoms. The Morgan fingerprint density at radius 2 is 1.79 bits per heavy atom. The van der Waals surface area contributed by atoms with Crippen molar-refractivity contribution < 1.29 is 8.78 Å². The van der Waals surface area contributed by atoms with E-state index in [0.29, 0.717) is 17.4 Å². The lowest BCUT2D eigenvalue weighted by Crippen LogP contribution is -2.13. The molecular weight excluding hydrogens is 184 g/mol. The van der Waals surface area contributed by atoms with Crippen LogP contribution in [0.4, 0.5) is 8.78 Å². The zero-order chi connectivity index (χ0) is 10.3. The number of benzene rings is 1. The summed E-state index contributed by atoms with van der Waals surface area (Å²) in [5.74, 6) is -0.139. The zero-order valence-corrected chi connectivity index (χ0v) is 8.00. The number of nitrogens with two attached hydrogens (primary N) is 1. The highest BCUT2D eigenvalue weighted by atomic mass is 19.1. The molecule has 0 amide bonds. The predicted molar refractivity (Wildman–Crippen MR) is 50.6 cm³/mol. The van der Waals surface area contributed by atoms with Crippen LogP contribution in [0.5, 0.6) is 0 Å². The third-order valence-electron chi connectivity index (χ3n) is 2.90. The van der Waals surface area contributed by atoms with Gasteiger partial charge in [0.25, 0.3) is 0 Å². The van der Waals surface area contributed by atoms with Crippen molar-refractivity contribution in [2.75, 3.05) is 0 Å². The largest absolute Gasteiger partial charge is 0.324 e. The number of halogens is 2. The Morgan fingerprint density at radius 1 is 1.29 bits per heavy atom. The van der Waals surface area contributed by atoms with Crippen molar-refractivity contribution in [1.82, 2.24) is 0 Å². The second-order valence-electron chi connectivity index (χ2n) is 4.11. The molecule has 3 heteroatoms. The smallest absolute Gasteiger partial charge is 0.126 e. The molecule has 2 rings (SSSR count). The van der Waals surface area contributed by atoms with E-state index in [2.05, 4.69) is 6.92 Å². The van der Waals surface area contributed by atoms with Crippen LogP contribution in [0.15, 0.2) is 18.2 Å². The summed E-state index contributed by atoms with van der Waals surface area (Å²) in [6.45, 7) is 2.10. The van der Waals surface area contributed by atoms with Gasteiger partial charge < -0.3 is 5.73 Å². The van der Waals surface area contributed by atoms with Crippen LogP contribution in [0.2, 0.25) is 0 Å². The lowest BCUT2D eigenvalue weighted by molar-refractivity contribution is 0.553. The highest BCUT2D eigenvalue weighted by Crippen LogP contribution is 2.45. The van der Waals surface area contributed by atoms with Crippen LogP contribution in [0, 0.1) is 23.5 Å². The maximum atomic E-state index is 12.9. The van der Waals surface area contributed by atoms with Crippen molar-refractivity contribution in [2.24, 2.45) is 17.6 Å². The monoisotopic (exact) mass is 197 g/mol. The Kier molecular flexibility index (Phi) is 2.27. The van der Waals surface area contributed by atoms with E-state index in [1.165, 1.54) is 12.1 Å². The summed E-state index contributed by atoms with van der Waals surface area (Å²) in [4.78, 5) is 0. The maximum absolute atomic E-state index is 12.9. The molecule has 0 radical (unpaired) electrons. The van der Waals surface area contributed by atoms with Gasteiger partial charge in [-0.2, -0.15) is 0 Å². The highest BCUT2D eigenvalue weighted by molar-refractivity contribution is 5.23. The Hall–Kier alpha value is -0.960. The molecule has 2 N–H and O–H groups in total. The van der Waals surface area contributed by atoms with E-state index in [-0.39, 0.29) is 6.04 Å². The van der Waals surface area contributed by atoms with E-state index in [1.54, 1.807) is 0 Å². The van der Waals surface area contributed by atoms with Crippen molar-refractivity contribution in [2.45, 2.75) is 19.4 Å². The molecule has 1 saturated carbocycles. The number of hydrogen-bond acceptors (Lipinski definition) is 1. The fraction of sp³-hybridized carbons (Fsp3) is 0.455. The van der Waals surface area contributed by atoms with Crippen LogP contribution in [0.1, 0.15) is 24.9 Å². The van der Waals surface area contributed by atoms with Gasteiger partial charge in [0.05, 0.1) is 0 Å². The van der Waals surface area contributed by atoms with Crippen LogP contribution in [-0.2, 0) is 0 Å². The average Bonchev–Trinajstić information content (AvgIpc) is 2.79. The Balaban J connectivity index is 2.23. The third kappa shape index (κ3) is 1.77. The van der Waals surface area contributed by atoms with Gasteiger partial charge in [0.2, 0.25) is 0 Å². The summed E-state index contributed by atoms with van der Waals surface area (Å²) < 4.78 is 25.7. The zero-order valence-electron chi connectivity index (χ0n) is 8.00. The minimum atomic E-state index is -0.552. The number of rotatable bonds is 2. The van der Waals surface area contributed by atoms with Crippen LogP contribution in [0.3, 0.4) is 0 Å². The van der Waals surface area contributed by atoms with Crippen molar-refractivity contribution in [3.05, 3.63) is 35.4 Å². The average molecular weight is 197 g/mol. The predicted octanol–water partition coefficient (Wildman–Crippen LogP) is 2.62. The quantitative estimate of drug-likeness (QED) is 0.774. The summed E-state index contributed by atoms with van der Waals surface area (Å²) in [5, 5.41) is 0. The Labute approximate surface area is 81.9 Å². The Bertz CT molecular complexity index is 331. The SMILES string of the molecule is CC1CC1C(N)c1cc(F)cc(F)c1. The van der Waals surface area contributed by atoms with E-state index >= 15 is 0 Å². The van der Waals surface area contributed by atoms with Crippen LogP contribution < -0.4 is 5.73 Å². The molecule has 0 spiro atoms. The summed E-state index contributed by atoms with van der Waals surface area (Å²) >= 11 is 0.